The first kappa shape index (κ1) is 8.75. The van der Waals surface area contributed by atoms with E-state index in [0.29, 0.717) is 0 Å². The summed E-state index contributed by atoms with van der Waals surface area (Å²) in [5.74, 6) is 1.17. The third-order valence-electron chi connectivity index (χ3n) is 2.45. The van der Waals surface area contributed by atoms with Crippen LogP contribution >= 0.6 is 0 Å². The zero-order valence-electron chi connectivity index (χ0n) is 8.38. The molecule has 1 aliphatic rings. The van der Waals surface area contributed by atoms with E-state index < -0.39 is 0 Å². The summed E-state index contributed by atoms with van der Waals surface area (Å²) in [6, 6.07) is 0.766. The van der Waals surface area contributed by atoms with Crippen LogP contribution in [-0.2, 0) is 13.1 Å². The lowest BCUT2D eigenvalue weighted by Crippen LogP contribution is -2.18. The summed E-state index contributed by atoms with van der Waals surface area (Å²) in [5, 5.41) is 3.48. The summed E-state index contributed by atoms with van der Waals surface area (Å²) in [6.45, 7) is 6.14. The van der Waals surface area contributed by atoms with Crippen molar-refractivity contribution in [2.75, 3.05) is 0 Å². The second kappa shape index (κ2) is 3.50. The van der Waals surface area contributed by atoms with Gasteiger partial charge in [0.05, 0.1) is 12.2 Å². The Balaban J connectivity index is 1.99. The molecule has 2 rings (SSSR count). The number of aromatic nitrogens is 2. The molecule has 0 saturated heterocycles. The molecule has 0 radical (unpaired) electrons. The van der Waals surface area contributed by atoms with Crippen LogP contribution in [0.1, 0.15) is 31.3 Å². The lowest BCUT2D eigenvalue weighted by atomic mass is 10.5. The van der Waals surface area contributed by atoms with Gasteiger partial charge >= 0.3 is 0 Å². The lowest BCUT2D eigenvalue weighted by molar-refractivity contribution is 0.610. The van der Waals surface area contributed by atoms with Gasteiger partial charge in [-0.05, 0) is 26.7 Å². The zero-order valence-corrected chi connectivity index (χ0v) is 8.38. The number of imidazole rings is 1. The molecule has 3 nitrogen and oxygen atoms in total. The molecule has 0 aromatic carbocycles. The molecule has 1 aliphatic carbocycles. The maximum absolute atomic E-state index is 4.48. The SMILES string of the molecule is CCn1cc(C)nc1CNC1CC1. The topological polar surface area (TPSA) is 29.9 Å². The van der Waals surface area contributed by atoms with Gasteiger partial charge in [0.1, 0.15) is 5.82 Å². The van der Waals surface area contributed by atoms with Crippen molar-refractivity contribution in [2.24, 2.45) is 0 Å². The first-order valence-electron chi connectivity index (χ1n) is 5.05. The quantitative estimate of drug-likeness (QED) is 0.758. The first-order valence-corrected chi connectivity index (χ1v) is 5.05. The molecule has 1 aromatic heterocycles. The van der Waals surface area contributed by atoms with Crippen molar-refractivity contribution in [3.63, 3.8) is 0 Å². The Hall–Kier alpha value is -0.830. The molecular weight excluding hydrogens is 162 g/mol. The fourth-order valence-electron chi connectivity index (χ4n) is 1.53. The molecule has 72 valence electrons. The number of aryl methyl sites for hydroxylation is 2. The van der Waals surface area contributed by atoms with E-state index in [9.17, 15) is 0 Å². The predicted octanol–water partition coefficient (Wildman–Crippen LogP) is 1.46. The minimum Gasteiger partial charge on any atom is -0.334 e. The molecule has 0 aliphatic heterocycles. The van der Waals surface area contributed by atoms with Gasteiger partial charge in [-0.2, -0.15) is 0 Å². The van der Waals surface area contributed by atoms with Crippen molar-refractivity contribution in [1.82, 2.24) is 14.9 Å². The van der Waals surface area contributed by atoms with Crippen molar-refractivity contribution in [3.8, 4) is 0 Å². The van der Waals surface area contributed by atoms with Gasteiger partial charge in [0, 0.05) is 18.8 Å². The highest BCUT2D eigenvalue weighted by atomic mass is 15.1. The molecule has 0 amide bonds. The Labute approximate surface area is 79.2 Å². The molecule has 0 unspecified atom stereocenters. The van der Waals surface area contributed by atoms with E-state index in [0.717, 1.165) is 24.8 Å². The van der Waals surface area contributed by atoms with Gasteiger partial charge in [0.2, 0.25) is 0 Å². The van der Waals surface area contributed by atoms with E-state index in [-0.39, 0.29) is 0 Å². The second-order valence-corrected chi connectivity index (χ2v) is 3.74. The molecule has 0 atom stereocenters. The fourth-order valence-corrected chi connectivity index (χ4v) is 1.53. The molecule has 0 spiro atoms. The Morgan fingerprint density at radius 1 is 1.62 bits per heavy atom. The molecule has 1 heterocycles. The van der Waals surface area contributed by atoms with Crippen molar-refractivity contribution in [3.05, 3.63) is 17.7 Å². The van der Waals surface area contributed by atoms with Crippen LogP contribution in [0.25, 0.3) is 0 Å². The summed E-state index contributed by atoms with van der Waals surface area (Å²) in [5.41, 5.74) is 1.12. The van der Waals surface area contributed by atoms with E-state index in [1.807, 2.05) is 6.92 Å². The van der Waals surface area contributed by atoms with Crippen molar-refractivity contribution < 1.29 is 0 Å². The van der Waals surface area contributed by atoms with E-state index in [4.69, 9.17) is 0 Å². The number of nitrogens with zero attached hydrogens (tertiary/aromatic N) is 2. The van der Waals surface area contributed by atoms with Crippen LogP contribution in [0.5, 0.6) is 0 Å². The summed E-state index contributed by atoms with van der Waals surface area (Å²) in [7, 11) is 0. The van der Waals surface area contributed by atoms with E-state index >= 15 is 0 Å². The van der Waals surface area contributed by atoms with Crippen LogP contribution in [-0.4, -0.2) is 15.6 Å². The molecule has 1 N–H and O–H groups in total. The average Bonchev–Trinajstić information content (AvgIpc) is 2.87. The largest absolute Gasteiger partial charge is 0.334 e. The van der Waals surface area contributed by atoms with Crippen LogP contribution in [0.15, 0.2) is 6.20 Å². The average molecular weight is 179 g/mol. The van der Waals surface area contributed by atoms with Crippen LogP contribution < -0.4 is 5.32 Å². The highest BCUT2D eigenvalue weighted by molar-refractivity contribution is 5.02. The minimum atomic E-state index is 0.766. The Kier molecular flexibility index (Phi) is 2.36. The second-order valence-electron chi connectivity index (χ2n) is 3.74. The van der Waals surface area contributed by atoms with Gasteiger partial charge in [-0.1, -0.05) is 0 Å². The third kappa shape index (κ3) is 2.10. The smallest absolute Gasteiger partial charge is 0.122 e. The van der Waals surface area contributed by atoms with Crippen LogP contribution in [0.3, 0.4) is 0 Å². The number of hydrogen-bond acceptors (Lipinski definition) is 2. The lowest BCUT2D eigenvalue weighted by Gasteiger charge is -2.04. The standard InChI is InChI=1S/C10H17N3/c1-3-13-7-8(2)12-10(13)6-11-9-4-5-9/h7,9,11H,3-6H2,1-2H3. The van der Waals surface area contributed by atoms with Gasteiger partial charge in [0.25, 0.3) is 0 Å². The molecule has 1 aromatic rings. The number of hydrogen-bond donors (Lipinski definition) is 1. The van der Waals surface area contributed by atoms with Gasteiger partial charge in [-0.15, -0.1) is 0 Å². The van der Waals surface area contributed by atoms with Gasteiger partial charge < -0.3 is 9.88 Å². The number of nitrogens with one attached hydrogen (secondary N) is 1. The van der Waals surface area contributed by atoms with E-state index in [2.05, 4.69) is 28.0 Å². The third-order valence-corrected chi connectivity index (χ3v) is 2.45. The summed E-state index contributed by atoms with van der Waals surface area (Å²) < 4.78 is 2.21. The monoisotopic (exact) mass is 179 g/mol. The molecule has 0 bridgehead atoms. The summed E-state index contributed by atoms with van der Waals surface area (Å²) in [4.78, 5) is 4.48. The molecule has 1 fully saturated rings. The zero-order chi connectivity index (χ0) is 9.26. The van der Waals surface area contributed by atoms with Gasteiger partial charge in [-0.3, -0.25) is 0 Å². The van der Waals surface area contributed by atoms with Crippen molar-refractivity contribution >= 4 is 0 Å². The predicted molar refractivity (Wildman–Crippen MR) is 52.5 cm³/mol. The van der Waals surface area contributed by atoms with E-state index in [1.54, 1.807) is 0 Å². The molecule has 3 heteroatoms. The maximum atomic E-state index is 4.48. The van der Waals surface area contributed by atoms with Crippen LogP contribution in [0.4, 0.5) is 0 Å². The van der Waals surface area contributed by atoms with Crippen molar-refractivity contribution in [1.29, 1.82) is 0 Å². The van der Waals surface area contributed by atoms with Gasteiger partial charge in [-0.25, -0.2) is 4.98 Å². The molecule has 1 saturated carbocycles. The Morgan fingerprint density at radius 2 is 2.38 bits per heavy atom. The summed E-state index contributed by atoms with van der Waals surface area (Å²) in [6.07, 6.45) is 4.79. The van der Waals surface area contributed by atoms with Crippen LogP contribution in [0.2, 0.25) is 0 Å². The van der Waals surface area contributed by atoms with E-state index in [1.165, 1.54) is 18.7 Å². The van der Waals surface area contributed by atoms with Gasteiger partial charge in [0.15, 0.2) is 0 Å². The minimum absolute atomic E-state index is 0.766. The Morgan fingerprint density at radius 3 is 3.00 bits per heavy atom. The first-order chi connectivity index (χ1) is 6.29. The number of rotatable bonds is 4. The maximum Gasteiger partial charge on any atom is 0.122 e. The van der Waals surface area contributed by atoms with Crippen LogP contribution in [0, 0.1) is 6.92 Å². The molecule has 13 heavy (non-hydrogen) atoms. The highest BCUT2D eigenvalue weighted by Gasteiger charge is 2.20. The van der Waals surface area contributed by atoms with Crippen molar-refractivity contribution in [2.45, 2.75) is 45.8 Å². The fraction of sp³-hybridized carbons (Fsp3) is 0.700. The molecular formula is C10H17N3. The summed E-state index contributed by atoms with van der Waals surface area (Å²) >= 11 is 0. The normalized spacial score (nSPS) is 16.5. The Bertz CT molecular complexity index is 286. The highest BCUT2D eigenvalue weighted by Crippen LogP contribution is 2.19.